The molecule has 5 aromatic rings. The number of benzene rings is 5. The topological polar surface area (TPSA) is 222 Å². The third-order valence-corrected chi connectivity index (χ3v) is 12.4. The second-order valence-corrected chi connectivity index (χ2v) is 24.3. The Morgan fingerprint density at radius 2 is 0.920 bits per heavy atom. The van der Waals surface area contributed by atoms with Crippen LogP contribution >= 0.6 is 0 Å². The number of aliphatic hydroxyl groups is 1. The van der Waals surface area contributed by atoms with E-state index in [1.807, 2.05) is 186 Å². The molecule has 1 fully saturated rings. The Bertz CT molecular complexity index is 2450. The number of halogens is 1. The van der Waals surface area contributed by atoms with Crippen LogP contribution in [0, 0.1) is 41.6 Å². The zero-order valence-electron chi connectivity index (χ0n) is 56.1. The van der Waals surface area contributed by atoms with E-state index in [0.29, 0.717) is 11.8 Å². The van der Waals surface area contributed by atoms with Crippen molar-refractivity contribution in [1.82, 2.24) is 5.32 Å². The number of hydrogen-bond acceptors (Lipinski definition) is 14. The molecule has 0 radical (unpaired) electrons. The molecule has 0 bridgehead atoms. The summed E-state index contributed by atoms with van der Waals surface area (Å²) in [4.78, 5) is 55.3. The quantitative estimate of drug-likeness (QED) is 0.0373. The van der Waals surface area contributed by atoms with Gasteiger partial charge in [-0.3, -0.25) is 9.59 Å². The molecule has 1 amide bonds. The Morgan fingerprint density at radius 1 is 0.591 bits per heavy atom. The van der Waals surface area contributed by atoms with E-state index in [2.05, 4.69) is 60.2 Å². The molecule has 4 N–H and O–H groups in total. The summed E-state index contributed by atoms with van der Waals surface area (Å²) in [7, 11) is 2.76. The Labute approximate surface area is 598 Å². The van der Waals surface area contributed by atoms with Gasteiger partial charge < -0.3 is 66.7 Å². The van der Waals surface area contributed by atoms with Gasteiger partial charge in [-0.2, -0.15) is 36.4 Å². The summed E-state index contributed by atoms with van der Waals surface area (Å²) >= 11 is 0. The number of esters is 2. The van der Waals surface area contributed by atoms with Crippen LogP contribution < -0.4 is 84.5 Å². The summed E-state index contributed by atoms with van der Waals surface area (Å²) in [6.07, 6.45) is -2.48. The maximum atomic E-state index is 12.0. The number of rotatable bonds is 11. The van der Waals surface area contributed by atoms with E-state index >= 15 is 0 Å². The van der Waals surface area contributed by atoms with Gasteiger partial charge in [-0.15, -0.1) is 5.60 Å². The van der Waals surface area contributed by atoms with Crippen molar-refractivity contribution in [2.24, 2.45) is 41.2 Å². The zero-order valence-corrected chi connectivity index (χ0v) is 62.2. The Kier molecular flexibility index (Phi) is 48.3. The van der Waals surface area contributed by atoms with Crippen molar-refractivity contribution in [3.63, 3.8) is 0 Å². The van der Waals surface area contributed by atoms with Gasteiger partial charge in [-0.1, -0.05) is 219 Å². The number of nitrogens with two attached hydrogens (primary N) is 1. The fourth-order valence-corrected chi connectivity index (χ4v) is 7.50. The Morgan fingerprint density at radius 3 is 1.15 bits per heavy atom. The molecule has 0 aliphatic carbocycles. The molecule has 0 spiro atoms. The van der Waals surface area contributed by atoms with Crippen LogP contribution in [0.1, 0.15) is 161 Å². The van der Waals surface area contributed by atoms with Crippen molar-refractivity contribution >= 4 is 53.4 Å². The first-order valence-corrected chi connectivity index (χ1v) is 28.5. The van der Waals surface area contributed by atoms with E-state index in [1.165, 1.54) is 14.2 Å². The molecule has 4 unspecified atom stereocenters. The van der Waals surface area contributed by atoms with Gasteiger partial charge in [0.1, 0.15) is 22.8 Å². The largest absolute Gasteiger partial charge is 2.00 e. The molecule has 482 valence electrons. The number of carbonyl (C=O) groups is 5. The van der Waals surface area contributed by atoms with Gasteiger partial charge in [-0.25, -0.2) is 14.4 Å². The number of methoxy groups -OCH3 is 2. The first-order chi connectivity index (χ1) is 38.9. The predicted octanol–water partition coefficient (Wildman–Crippen LogP) is 8.27. The van der Waals surface area contributed by atoms with E-state index in [9.17, 15) is 34.2 Å². The van der Waals surface area contributed by atoms with Crippen molar-refractivity contribution in [2.75, 3.05) is 14.2 Å². The van der Waals surface area contributed by atoms with Gasteiger partial charge in [0, 0.05) is 11.1 Å². The van der Waals surface area contributed by atoms with Crippen LogP contribution in [0.15, 0.2) is 152 Å². The minimum atomic E-state index is -1.06. The predicted molar refractivity (Wildman–Crippen MR) is 344 cm³/mol. The van der Waals surface area contributed by atoms with E-state index in [-0.39, 0.29) is 147 Å². The number of alkyl carbamates (subject to hydrolysis) is 1. The van der Waals surface area contributed by atoms with Gasteiger partial charge in [0.25, 0.3) is 0 Å². The third-order valence-electron chi connectivity index (χ3n) is 12.4. The molecule has 1 aliphatic heterocycles. The monoisotopic (exact) mass is 1320 g/mol. The molecule has 5 aromatic carbocycles. The SMILES string of the molecule is C.CC(C)(C)OC(=O)OC(=O)OC(C)(C)C.CC(C)(C)[O-].CC(C)C(C)C(O)(c1ccccc1)c1ccccc1.CC(C)C1NC(=O)OC1(c1ccccc1)c1ccccc1.COC(=O)C(C)C(C)C.COC(=O)C(N)C(C)C.[Br-].[K+].[Mg+2].[c-]1ccccc1. The molecular formula is C70H104BrKMgN2O13. The number of hydrogen-bond donors (Lipinski definition) is 3. The summed E-state index contributed by atoms with van der Waals surface area (Å²) in [6.45, 7) is 35.2. The van der Waals surface area contributed by atoms with E-state index in [4.69, 9.17) is 19.9 Å². The fourth-order valence-electron chi connectivity index (χ4n) is 7.50. The van der Waals surface area contributed by atoms with Crippen LogP contribution in [0.25, 0.3) is 0 Å². The zero-order chi connectivity index (χ0) is 64.6. The number of nitrogens with one attached hydrogen (secondary N) is 1. The first-order valence-electron chi connectivity index (χ1n) is 28.5. The summed E-state index contributed by atoms with van der Waals surface area (Å²) in [6, 6.07) is 51.7. The molecule has 4 atom stereocenters. The van der Waals surface area contributed by atoms with Crippen LogP contribution in [0.2, 0.25) is 0 Å². The Hall–Kier alpha value is -4.19. The summed E-state index contributed by atoms with van der Waals surface area (Å²) in [5, 5.41) is 24.5. The molecule has 0 saturated carbocycles. The van der Waals surface area contributed by atoms with Crippen LogP contribution in [0.4, 0.5) is 14.4 Å². The van der Waals surface area contributed by atoms with Crippen molar-refractivity contribution in [3.8, 4) is 0 Å². The molecule has 1 saturated heterocycles. The standard InChI is InChI=1S/C18H19NO2.C18H22O.C10H18O5.C7H14O2.C6H13NO2.C6H5.C4H9O.CH4.BrH.K.Mg/c1-13(2)16-18(21-17(20)19-16,14-9-5-3-6-10-14)15-11-7-4-8-12-15;1-14(2)15(3)18(19,16-10-6-4-7-11-16)17-12-8-5-9-13-17;1-9(2,3)14-7(11)13-8(12)15-10(4,5)6;1-5(2)6(3)7(8)9-4;1-4(2)5(7)6(8)9-3;1-2-4-6-5-3-1;1-4(2,3)5;;;;/h3-13,16H,1-2H3,(H,19,20);4-15,19H,1-3H3;1-6H3;5-6H,1-4H3;4-5H,7H2,1-3H3;1-5H;1-3H3;1H4;1H;;/q;;;;;2*-1;;;+1;+2/p-1. The molecule has 1 heterocycles. The van der Waals surface area contributed by atoms with Gasteiger partial charge in [0.15, 0.2) is 5.60 Å². The molecule has 1 aliphatic rings. The van der Waals surface area contributed by atoms with Crippen molar-refractivity contribution in [2.45, 2.75) is 179 Å². The van der Waals surface area contributed by atoms with Gasteiger partial charge in [0.2, 0.25) is 0 Å². The van der Waals surface area contributed by atoms with E-state index < -0.39 is 46.4 Å². The fraction of sp³-hybridized carbons (Fsp3) is 0.500. The summed E-state index contributed by atoms with van der Waals surface area (Å²) in [5.41, 5.74) is 5.46. The third kappa shape index (κ3) is 36.6. The van der Waals surface area contributed by atoms with Crippen molar-refractivity contribution in [1.29, 1.82) is 0 Å². The average molecular weight is 1320 g/mol. The van der Waals surface area contributed by atoms with Crippen molar-refractivity contribution in [3.05, 3.63) is 180 Å². The van der Waals surface area contributed by atoms with Gasteiger partial charge in [0.05, 0.1) is 26.2 Å². The van der Waals surface area contributed by atoms with Gasteiger partial charge >= 0.3 is 105 Å². The van der Waals surface area contributed by atoms with Gasteiger partial charge in [-0.05, 0) is 82.3 Å². The number of amides is 1. The van der Waals surface area contributed by atoms with Crippen LogP contribution in [0.5, 0.6) is 0 Å². The normalized spacial score (nSPS) is 13.7. The molecule has 18 heteroatoms. The molecule has 15 nitrogen and oxygen atoms in total. The molecule has 0 aromatic heterocycles. The summed E-state index contributed by atoms with van der Waals surface area (Å²) < 4.78 is 28.6. The van der Waals surface area contributed by atoms with Crippen molar-refractivity contribution < 1.29 is 131 Å². The molecule has 6 rings (SSSR count). The second-order valence-electron chi connectivity index (χ2n) is 24.3. The van der Waals surface area contributed by atoms with E-state index in [0.717, 1.165) is 22.3 Å². The van der Waals surface area contributed by atoms with E-state index in [1.54, 1.807) is 62.3 Å². The minimum absolute atomic E-state index is 0. The number of carbonyl (C=O) groups excluding carboxylic acids is 5. The van der Waals surface area contributed by atoms with Crippen LogP contribution in [0.3, 0.4) is 0 Å². The minimum Gasteiger partial charge on any atom is -1.00 e. The van der Waals surface area contributed by atoms with Crippen LogP contribution in [-0.4, -0.2) is 102 Å². The maximum Gasteiger partial charge on any atom is 2.00 e. The number of ether oxygens (including phenoxy) is 6. The van der Waals surface area contributed by atoms with Crippen LogP contribution in [-0.2, 0) is 49.2 Å². The number of cyclic esters (lactones) is 1. The molecule has 88 heavy (non-hydrogen) atoms. The first kappa shape index (κ1) is 92.5. The maximum absolute atomic E-state index is 12.0. The average Bonchev–Trinajstić information content (AvgIpc) is 3.07. The molecular weight excluding hydrogens is 1220 g/mol. The smallest absolute Gasteiger partial charge is 1.00 e. The second kappa shape index (κ2) is 46.0. The Balaban J connectivity index is -0.000000318. The summed E-state index contributed by atoms with van der Waals surface area (Å²) in [5.74, 6) is 0.861.